The largest absolute Gasteiger partial charge is 0.465 e. The molecule has 17 nitrogen and oxygen atoms in total. The van der Waals surface area contributed by atoms with Crippen molar-refractivity contribution in [1.29, 1.82) is 0 Å². The van der Waals surface area contributed by atoms with Crippen molar-refractivity contribution in [3.8, 4) is 45.0 Å². The van der Waals surface area contributed by atoms with E-state index in [2.05, 4.69) is 20.4 Å². The van der Waals surface area contributed by atoms with E-state index in [9.17, 15) is 29.8 Å². The number of rotatable bonds is 11. The summed E-state index contributed by atoms with van der Waals surface area (Å²) in [6, 6.07) is 33.1. The zero-order valence-corrected chi connectivity index (χ0v) is 35.3. The number of aliphatic hydroxyl groups is 1. The molecule has 0 saturated carbocycles. The molecule has 1 aliphatic heterocycles. The SMILES string of the molecule is CCCO.CCOC1CCCCO1.COC(=O)c1cccc(-c2ccc(-c3ccccc3[N+](=O)[O-])nn2)c1.COC(=O)c1cccc(-c2ccc(-c3ccccc3[N+](=O)[O-])nn2)c1. The fourth-order valence-electron chi connectivity index (χ4n) is 5.83. The van der Waals surface area contributed by atoms with E-state index in [0.717, 1.165) is 26.1 Å². The summed E-state index contributed by atoms with van der Waals surface area (Å²) in [7, 11) is 2.63. The van der Waals surface area contributed by atoms with Gasteiger partial charge in [0.05, 0.1) is 69.1 Å². The monoisotopic (exact) mass is 860 g/mol. The molecule has 63 heavy (non-hydrogen) atoms. The molecule has 3 heterocycles. The molecule has 0 spiro atoms. The van der Waals surface area contributed by atoms with Gasteiger partial charge in [-0.3, -0.25) is 20.2 Å². The summed E-state index contributed by atoms with van der Waals surface area (Å²) < 4.78 is 20.0. The van der Waals surface area contributed by atoms with Crippen molar-refractivity contribution >= 4 is 23.3 Å². The molecule has 1 saturated heterocycles. The molecule has 17 heteroatoms. The van der Waals surface area contributed by atoms with Crippen LogP contribution in [0.1, 0.15) is 60.2 Å². The lowest BCUT2D eigenvalue weighted by Crippen LogP contribution is -2.21. The second-order valence-electron chi connectivity index (χ2n) is 13.3. The van der Waals surface area contributed by atoms with Crippen LogP contribution >= 0.6 is 0 Å². The number of carbonyl (C=O) groups excluding carboxylic acids is 2. The number of benzene rings is 4. The summed E-state index contributed by atoms with van der Waals surface area (Å²) in [5, 5.41) is 46.6. The zero-order chi connectivity index (χ0) is 45.6. The second kappa shape index (κ2) is 25.4. The van der Waals surface area contributed by atoms with E-state index >= 15 is 0 Å². The van der Waals surface area contributed by atoms with Crippen LogP contribution in [-0.2, 0) is 18.9 Å². The van der Waals surface area contributed by atoms with Gasteiger partial charge in [0.25, 0.3) is 11.4 Å². The smallest absolute Gasteiger partial charge is 0.337 e. The molecule has 1 N–H and O–H groups in total. The first-order valence-corrected chi connectivity index (χ1v) is 19.9. The summed E-state index contributed by atoms with van der Waals surface area (Å²) in [4.78, 5) is 44.6. The standard InChI is InChI=1S/2C18H13N3O4.C7H14O2.C3H8O/c2*1-25-18(22)13-6-4-5-12(11-13)15-9-10-16(20-19-15)14-7-2-3-8-17(14)21(23)24;1-2-8-7-5-3-4-6-9-7;1-2-3-4/h2*2-11H,1H3;7H,2-6H2,1H3;4H,2-3H2,1H3. The minimum Gasteiger partial charge on any atom is -0.465 e. The number of carbonyl (C=O) groups is 2. The number of hydrogen-bond donors (Lipinski definition) is 1. The Kier molecular flexibility index (Phi) is 19.5. The fraction of sp³-hybridized carbons (Fsp3) is 0.261. The predicted molar refractivity (Wildman–Crippen MR) is 234 cm³/mol. The molecule has 4 aromatic carbocycles. The Bertz CT molecular complexity index is 2250. The third kappa shape index (κ3) is 14.4. The molecule has 0 aliphatic carbocycles. The van der Waals surface area contributed by atoms with Crippen molar-refractivity contribution in [1.82, 2.24) is 20.4 Å². The van der Waals surface area contributed by atoms with Crippen molar-refractivity contribution in [2.75, 3.05) is 34.0 Å². The van der Waals surface area contributed by atoms with Gasteiger partial charge >= 0.3 is 11.9 Å². The van der Waals surface area contributed by atoms with Gasteiger partial charge < -0.3 is 24.1 Å². The molecule has 0 radical (unpaired) electrons. The van der Waals surface area contributed by atoms with Crippen molar-refractivity contribution in [3.05, 3.63) is 153 Å². The van der Waals surface area contributed by atoms with E-state index in [4.69, 9.17) is 24.1 Å². The predicted octanol–water partition coefficient (Wildman–Crippen LogP) is 8.95. The van der Waals surface area contributed by atoms with Crippen molar-refractivity contribution < 1.29 is 43.5 Å². The van der Waals surface area contributed by atoms with Crippen LogP contribution in [0.15, 0.2) is 121 Å². The quantitative estimate of drug-likeness (QED) is 0.0728. The van der Waals surface area contributed by atoms with Crippen molar-refractivity contribution in [2.24, 2.45) is 0 Å². The Hall–Kier alpha value is -7.34. The van der Waals surface area contributed by atoms with Crippen LogP contribution < -0.4 is 0 Å². The molecule has 1 fully saturated rings. The minimum absolute atomic E-state index is 0.0303. The molecule has 7 rings (SSSR count). The van der Waals surface area contributed by atoms with Gasteiger partial charge in [0.1, 0.15) is 0 Å². The van der Waals surface area contributed by atoms with Gasteiger partial charge in [-0.25, -0.2) is 9.59 Å². The number of hydrogen-bond acceptors (Lipinski definition) is 15. The Morgan fingerprint density at radius 3 is 1.43 bits per heavy atom. The van der Waals surface area contributed by atoms with E-state index < -0.39 is 21.8 Å². The maximum absolute atomic E-state index is 11.6. The molecular formula is C46H48N6O11. The van der Waals surface area contributed by atoms with Crippen molar-refractivity contribution in [3.63, 3.8) is 0 Å². The van der Waals surface area contributed by atoms with E-state index in [1.54, 1.807) is 109 Å². The molecule has 0 amide bonds. The van der Waals surface area contributed by atoms with Crippen LogP contribution in [0.25, 0.3) is 45.0 Å². The van der Waals surface area contributed by atoms with Gasteiger partial charge in [-0.1, -0.05) is 55.5 Å². The maximum Gasteiger partial charge on any atom is 0.337 e. The highest BCUT2D eigenvalue weighted by Crippen LogP contribution is 2.30. The van der Waals surface area contributed by atoms with E-state index in [0.29, 0.717) is 62.8 Å². The van der Waals surface area contributed by atoms with Crippen LogP contribution in [-0.4, -0.2) is 87.6 Å². The first-order valence-electron chi connectivity index (χ1n) is 19.9. The molecule has 0 bridgehead atoms. The zero-order valence-electron chi connectivity index (χ0n) is 35.3. The van der Waals surface area contributed by atoms with E-state index in [1.807, 2.05) is 13.8 Å². The number of aromatic nitrogens is 4. The van der Waals surface area contributed by atoms with Crippen LogP contribution in [0.5, 0.6) is 0 Å². The molecule has 6 aromatic rings. The molecule has 2 aromatic heterocycles. The Morgan fingerprint density at radius 1 is 0.651 bits per heavy atom. The first kappa shape index (κ1) is 48.3. The normalized spacial score (nSPS) is 12.7. The number of methoxy groups -OCH3 is 2. The van der Waals surface area contributed by atoms with E-state index in [1.165, 1.54) is 39.2 Å². The summed E-state index contributed by atoms with van der Waals surface area (Å²) in [5.74, 6) is -0.877. The number of nitrogens with zero attached hydrogens (tertiary/aromatic N) is 6. The topological polar surface area (TPSA) is 229 Å². The average Bonchev–Trinajstić information content (AvgIpc) is 3.34. The fourth-order valence-corrected chi connectivity index (χ4v) is 5.83. The lowest BCUT2D eigenvalue weighted by molar-refractivity contribution is -0.384. The molecule has 1 unspecified atom stereocenters. The number of nitro groups is 2. The molecule has 328 valence electrons. The lowest BCUT2D eigenvalue weighted by atomic mass is 10.1. The van der Waals surface area contributed by atoms with Crippen LogP contribution in [0.4, 0.5) is 11.4 Å². The molecule has 1 atom stereocenters. The number of esters is 2. The number of ether oxygens (including phenoxy) is 4. The van der Waals surface area contributed by atoms with Crippen LogP contribution in [0, 0.1) is 20.2 Å². The lowest BCUT2D eigenvalue weighted by Gasteiger charge is -2.21. The highest BCUT2D eigenvalue weighted by atomic mass is 16.7. The third-order valence-electron chi connectivity index (χ3n) is 8.96. The summed E-state index contributed by atoms with van der Waals surface area (Å²) in [5.41, 5.74) is 4.85. The number of para-hydroxylation sites is 2. The third-order valence-corrected chi connectivity index (χ3v) is 8.96. The first-order chi connectivity index (χ1) is 30.5. The van der Waals surface area contributed by atoms with Crippen LogP contribution in [0.2, 0.25) is 0 Å². The minimum atomic E-state index is -0.454. The molecule has 1 aliphatic rings. The van der Waals surface area contributed by atoms with Crippen LogP contribution in [0.3, 0.4) is 0 Å². The number of aliphatic hydroxyl groups excluding tert-OH is 1. The Morgan fingerprint density at radius 2 is 1.08 bits per heavy atom. The highest BCUT2D eigenvalue weighted by molar-refractivity contribution is 5.91. The van der Waals surface area contributed by atoms with E-state index in [-0.39, 0.29) is 17.7 Å². The Balaban J connectivity index is 0.000000216. The summed E-state index contributed by atoms with van der Waals surface area (Å²) in [6.07, 6.45) is 4.51. The molecular weight excluding hydrogens is 813 g/mol. The van der Waals surface area contributed by atoms with Gasteiger partial charge in [0.2, 0.25) is 0 Å². The van der Waals surface area contributed by atoms with Gasteiger partial charge in [-0.15, -0.1) is 20.4 Å². The second-order valence-corrected chi connectivity index (χ2v) is 13.3. The average molecular weight is 861 g/mol. The summed E-state index contributed by atoms with van der Waals surface area (Å²) in [6.45, 7) is 5.90. The number of nitro benzene ring substituents is 2. The van der Waals surface area contributed by atoms with Gasteiger partial charge in [-0.2, -0.15) is 0 Å². The van der Waals surface area contributed by atoms with Gasteiger partial charge in [0.15, 0.2) is 6.29 Å². The Labute approximate surface area is 364 Å². The highest BCUT2D eigenvalue weighted by Gasteiger charge is 2.18. The van der Waals surface area contributed by atoms with Gasteiger partial charge in [0, 0.05) is 43.1 Å². The summed E-state index contributed by atoms with van der Waals surface area (Å²) >= 11 is 0. The van der Waals surface area contributed by atoms with Crippen molar-refractivity contribution in [2.45, 2.75) is 45.8 Å². The van der Waals surface area contributed by atoms with Gasteiger partial charge in [-0.05, 0) is 93.3 Å². The maximum atomic E-state index is 11.6.